The van der Waals surface area contributed by atoms with E-state index in [1.54, 1.807) is 0 Å². The van der Waals surface area contributed by atoms with Gasteiger partial charge in [-0.2, -0.15) is 5.10 Å². The SMILES string of the molecule is CCCc1nn(-c2ccccc2)c(C)c1C(=O)N1CC[NH+](C)CC1. The smallest absolute Gasteiger partial charge is 0.258 e. The highest BCUT2D eigenvalue weighted by atomic mass is 16.2. The fourth-order valence-electron chi connectivity index (χ4n) is 3.32. The molecule has 24 heavy (non-hydrogen) atoms. The fourth-order valence-corrected chi connectivity index (χ4v) is 3.32. The van der Waals surface area contributed by atoms with Gasteiger partial charge in [-0.15, -0.1) is 0 Å². The summed E-state index contributed by atoms with van der Waals surface area (Å²) in [7, 11) is 2.18. The van der Waals surface area contributed by atoms with Crippen molar-refractivity contribution in [1.29, 1.82) is 0 Å². The Balaban J connectivity index is 1.97. The highest BCUT2D eigenvalue weighted by Crippen LogP contribution is 2.21. The van der Waals surface area contributed by atoms with Crippen LogP contribution < -0.4 is 4.90 Å². The van der Waals surface area contributed by atoms with E-state index in [4.69, 9.17) is 5.10 Å². The number of nitrogens with one attached hydrogen (secondary N) is 1. The van der Waals surface area contributed by atoms with E-state index in [1.165, 1.54) is 4.90 Å². The third-order valence-electron chi connectivity index (χ3n) is 4.79. The second-order valence-electron chi connectivity index (χ2n) is 6.65. The van der Waals surface area contributed by atoms with Crippen molar-refractivity contribution in [1.82, 2.24) is 14.7 Å². The van der Waals surface area contributed by atoms with Crippen molar-refractivity contribution in [3.8, 4) is 5.69 Å². The zero-order chi connectivity index (χ0) is 17.1. The molecule has 1 amide bonds. The number of quaternary nitrogens is 1. The van der Waals surface area contributed by atoms with Crippen LogP contribution in [0.5, 0.6) is 0 Å². The van der Waals surface area contributed by atoms with E-state index < -0.39 is 0 Å². The van der Waals surface area contributed by atoms with Crippen LogP contribution in [0.2, 0.25) is 0 Å². The van der Waals surface area contributed by atoms with E-state index in [2.05, 4.69) is 14.0 Å². The highest BCUT2D eigenvalue weighted by molar-refractivity contribution is 5.96. The largest absolute Gasteiger partial charge is 0.334 e. The van der Waals surface area contributed by atoms with Crippen LogP contribution in [0.4, 0.5) is 0 Å². The zero-order valence-corrected chi connectivity index (χ0v) is 14.9. The third kappa shape index (κ3) is 3.22. The number of nitrogens with zero attached hydrogens (tertiary/aromatic N) is 3. The van der Waals surface area contributed by atoms with Crippen LogP contribution >= 0.6 is 0 Å². The van der Waals surface area contributed by atoms with Crippen LogP contribution in [0.15, 0.2) is 30.3 Å². The minimum Gasteiger partial charge on any atom is -0.334 e. The fraction of sp³-hybridized carbons (Fsp3) is 0.474. The monoisotopic (exact) mass is 327 g/mol. The Hall–Kier alpha value is -2.14. The lowest BCUT2D eigenvalue weighted by molar-refractivity contribution is -0.883. The summed E-state index contributed by atoms with van der Waals surface area (Å²) < 4.78 is 1.92. The molecule has 0 bridgehead atoms. The number of likely N-dealkylation sites (N-methyl/N-ethyl adjacent to an activating group) is 1. The van der Waals surface area contributed by atoms with Crippen LogP contribution in [-0.4, -0.2) is 53.8 Å². The number of hydrogen-bond acceptors (Lipinski definition) is 2. The topological polar surface area (TPSA) is 42.6 Å². The molecule has 1 N–H and O–H groups in total. The lowest BCUT2D eigenvalue weighted by Gasteiger charge is -2.30. The summed E-state index contributed by atoms with van der Waals surface area (Å²) in [5, 5.41) is 4.76. The zero-order valence-electron chi connectivity index (χ0n) is 14.9. The minimum atomic E-state index is 0.144. The molecule has 1 aromatic carbocycles. The average Bonchev–Trinajstić information content (AvgIpc) is 2.92. The number of aryl methyl sites for hydroxylation is 1. The molecular weight excluding hydrogens is 300 g/mol. The molecule has 0 saturated carbocycles. The first-order valence-corrected chi connectivity index (χ1v) is 8.86. The number of carbonyl (C=O) groups is 1. The van der Waals surface area contributed by atoms with Gasteiger partial charge in [0.2, 0.25) is 0 Å². The molecule has 0 radical (unpaired) electrons. The van der Waals surface area contributed by atoms with Gasteiger partial charge < -0.3 is 9.80 Å². The summed E-state index contributed by atoms with van der Waals surface area (Å²) >= 11 is 0. The van der Waals surface area contributed by atoms with E-state index in [-0.39, 0.29) is 5.91 Å². The van der Waals surface area contributed by atoms with Gasteiger partial charge in [0.05, 0.1) is 55.9 Å². The number of para-hydroxylation sites is 1. The second-order valence-corrected chi connectivity index (χ2v) is 6.65. The third-order valence-corrected chi connectivity index (χ3v) is 4.79. The van der Waals surface area contributed by atoms with E-state index in [9.17, 15) is 4.79 Å². The van der Waals surface area contributed by atoms with Gasteiger partial charge in [0, 0.05) is 0 Å². The van der Waals surface area contributed by atoms with Crippen molar-refractivity contribution < 1.29 is 9.69 Å². The molecule has 3 rings (SSSR count). The van der Waals surface area contributed by atoms with E-state index in [0.29, 0.717) is 0 Å². The number of amides is 1. The van der Waals surface area contributed by atoms with Crippen LogP contribution in [0.25, 0.3) is 5.69 Å². The molecule has 5 nitrogen and oxygen atoms in total. The number of piperazine rings is 1. The molecule has 1 fully saturated rings. The Kier molecular flexibility index (Phi) is 5.00. The number of rotatable bonds is 4. The number of benzene rings is 1. The Labute approximate surface area is 143 Å². The first-order valence-electron chi connectivity index (χ1n) is 8.86. The first-order chi connectivity index (χ1) is 11.6. The maximum Gasteiger partial charge on any atom is 0.258 e. The van der Waals surface area contributed by atoms with Crippen LogP contribution in [0.1, 0.15) is 35.1 Å². The van der Waals surface area contributed by atoms with E-state index in [1.807, 2.05) is 46.8 Å². The van der Waals surface area contributed by atoms with Gasteiger partial charge in [0.25, 0.3) is 5.91 Å². The van der Waals surface area contributed by atoms with Gasteiger partial charge in [-0.3, -0.25) is 4.79 Å². The predicted molar refractivity (Wildman–Crippen MR) is 94.8 cm³/mol. The summed E-state index contributed by atoms with van der Waals surface area (Å²) in [6.45, 7) is 7.82. The van der Waals surface area contributed by atoms with Gasteiger partial charge in [-0.1, -0.05) is 31.5 Å². The quantitative estimate of drug-likeness (QED) is 0.914. The predicted octanol–water partition coefficient (Wildman–Crippen LogP) is 1.10. The Morgan fingerprint density at radius 2 is 1.88 bits per heavy atom. The molecule has 1 saturated heterocycles. The molecular formula is C19H27N4O+. The maximum absolute atomic E-state index is 13.1. The summed E-state index contributed by atoms with van der Waals surface area (Å²) in [4.78, 5) is 16.6. The molecule has 0 unspecified atom stereocenters. The van der Waals surface area contributed by atoms with Gasteiger partial charge >= 0.3 is 0 Å². The van der Waals surface area contributed by atoms with Crippen molar-refractivity contribution in [2.75, 3.05) is 33.2 Å². The van der Waals surface area contributed by atoms with Crippen LogP contribution in [0.3, 0.4) is 0 Å². The molecule has 2 aromatic rings. The van der Waals surface area contributed by atoms with Gasteiger partial charge in [-0.05, 0) is 25.5 Å². The summed E-state index contributed by atoms with van der Waals surface area (Å²) in [6, 6.07) is 10.1. The summed E-state index contributed by atoms with van der Waals surface area (Å²) in [5.74, 6) is 0.144. The van der Waals surface area contributed by atoms with Crippen molar-refractivity contribution >= 4 is 5.91 Å². The molecule has 1 aromatic heterocycles. The van der Waals surface area contributed by atoms with Crippen molar-refractivity contribution in [2.45, 2.75) is 26.7 Å². The molecule has 0 aliphatic carbocycles. The van der Waals surface area contributed by atoms with E-state index >= 15 is 0 Å². The molecule has 0 atom stereocenters. The molecule has 2 heterocycles. The maximum atomic E-state index is 13.1. The molecule has 1 aliphatic heterocycles. The van der Waals surface area contributed by atoms with E-state index in [0.717, 1.165) is 61.7 Å². The van der Waals surface area contributed by atoms with Crippen LogP contribution in [-0.2, 0) is 6.42 Å². The number of hydrogen-bond donors (Lipinski definition) is 1. The second kappa shape index (κ2) is 7.18. The average molecular weight is 327 g/mol. The van der Waals surface area contributed by atoms with Crippen LogP contribution in [0, 0.1) is 6.92 Å². The summed E-state index contributed by atoms with van der Waals surface area (Å²) in [6.07, 6.45) is 1.82. The molecule has 0 spiro atoms. The number of carbonyl (C=O) groups excluding carboxylic acids is 1. The van der Waals surface area contributed by atoms with Gasteiger partial charge in [0.1, 0.15) is 0 Å². The molecule has 5 heteroatoms. The Morgan fingerprint density at radius 3 is 2.50 bits per heavy atom. The molecule has 128 valence electrons. The van der Waals surface area contributed by atoms with Crippen molar-refractivity contribution in [2.24, 2.45) is 0 Å². The van der Waals surface area contributed by atoms with Gasteiger partial charge in [-0.25, -0.2) is 4.68 Å². The Bertz CT molecular complexity index is 700. The van der Waals surface area contributed by atoms with Crippen molar-refractivity contribution in [3.05, 3.63) is 47.3 Å². The molecule has 1 aliphatic rings. The first kappa shape index (κ1) is 16.7. The summed E-state index contributed by atoms with van der Waals surface area (Å²) in [5.41, 5.74) is 3.69. The number of aromatic nitrogens is 2. The lowest BCUT2D eigenvalue weighted by Crippen LogP contribution is -3.12. The Morgan fingerprint density at radius 1 is 1.21 bits per heavy atom. The van der Waals surface area contributed by atoms with Gasteiger partial charge in [0.15, 0.2) is 0 Å². The van der Waals surface area contributed by atoms with Crippen molar-refractivity contribution in [3.63, 3.8) is 0 Å². The minimum absolute atomic E-state index is 0.144. The normalized spacial score (nSPS) is 15.7. The highest BCUT2D eigenvalue weighted by Gasteiger charge is 2.28. The lowest BCUT2D eigenvalue weighted by atomic mass is 10.1. The standard InChI is InChI=1S/C19H26N4O/c1-4-8-17-18(19(24)22-13-11-21(3)12-14-22)15(2)23(20-17)16-9-6-5-7-10-16/h5-7,9-10H,4,8,11-14H2,1-3H3/p+1.